The summed E-state index contributed by atoms with van der Waals surface area (Å²) in [5, 5.41) is 17.0. The van der Waals surface area contributed by atoms with Crippen LogP contribution >= 0.6 is 22.6 Å². The Kier molecular flexibility index (Phi) is 4.11. The van der Waals surface area contributed by atoms with Gasteiger partial charge in [-0.05, 0) is 60.1 Å². The van der Waals surface area contributed by atoms with Crippen molar-refractivity contribution in [2.45, 2.75) is 19.8 Å². The molecule has 4 nitrogen and oxygen atoms in total. The Bertz CT molecular complexity index is 510. The molecule has 0 fully saturated rings. The van der Waals surface area contributed by atoms with E-state index in [2.05, 4.69) is 58.0 Å². The topological polar surface area (TPSA) is 50.9 Å². The van der Waals surface area contributed by atoms with Crippen molar-refractivity contribution in [3.63, 3.8) is 0 Å². The van der Waals surface area contributed by atoms with E-state index in [1.807, 2.05) is 6.20 Å². The molecule has 0 bridgehead atoms. The van der Waals surface area contributed by atoms with Crippen LogP contribution in [0.3, 0.4) is 0 Å². The van der Waals surface area contributed by atoms with Crippen LogP contribution in [0, 0.1) is 10.5 Å². The van der Waals surface area contributed by atoms with Crippen molar-refractivity contribution in [3.05, 3.63) is 39.2 Å². The highest BCUT2D eigenvalue weighted by molar-refractivity contribution is 14.1. The van der Waals surface area contributed by atoms with E-state index in [9.17, 15) is 0 Å². The lowest BCUT2D eigenvalue weighted by Gasteiger charge is -2.04. The fourth-order valence-corrected chi connectivity index (χ4v) is 2.09. The molecule has 0 unspecified atom stereocenters. The SMILES string of the molecule is Cc1ccc(I)cc1-n1cc(CCCO)nn1. The lowest BCUT2D eigenvalue weighted by Crippen LogP contribution is -1.98. The lowest BCUT2D eigenvalue weighted by molar-refractivity contribution is 0.288. The largest absolute Gasteiger partial charge is 0.396 e. The van der Waals surface area contributed by atoms with E-state index in [-0.39, 0.29) is 6.61 Å². The van der Waals surface area contributed by atoms with Gasteiger partial charge in [-0.3, -0.25) is 0 Å². The number of rotatable bonds is 4. The summed E-state index contributed by atoms with van der Waals surface area (Å²) >= 11 is 2.28. The van der Waals surface area contributed by atoms with Gasteiger partial charge in [0.15, 0.2) is 0 Å². The Morgan fingerprint density at radius 1 is 1.41 bits per heavy atom. The smallest absolute Gasteiger partial charge is 0.0832 e. The van der Waals surface area contributed by atoms with E-state index in [1.54, 1.807) is 4.68 Å². The van der Waals surface area contributed by atoms with E-state index >= 15 is 0 Å². The molecule has 0 atom stereocenters. The van der Waals surface area contributed by atoms with Gasteiger partial charge in [-0.25, -0.2) is 4.68 Å². The minimum Gasteiger partial charge on any atom is -0.396 e. The first-order valence-corrected chi connectivity index (χ1v) is 6.57. The summed E-state index contributed by atoms with van der Waals surface area (Å²) in [4.78, 5) is 0. The number of aromatic nitrogens is 3. The van der Waals surface area contributed by atoms with Crippen molar-refractivity contribution in [1.29, 1.82) is 0 Å². The summed E-state index contributed by atoms with van der Waals surface area (Å²) in [7, 11) is 0. The van der Waals surface area contributed by atoms with Crippen molar-refractivity contribution < 1.29 is 5.11 Å². The number of aliphatic hydroxyl groups excluding tert-OH is 1. The Labute approximate surface area is 114 Å². The Morgan fingerprint density at radius 2 is 2.24 bits per heavy atom. The van der Waals surface area contributed by atoms with Crippen LogP contribution < -0.4 is 0 Å². The third-order valence-electron chi connectivity index (χ3n) is 2.55. The number of hydrogen-bond acceptors (Lipinski definition) is 3. The second kappa shape index (κ2) is 5.59. The maximum atomic E-state index is 8.78. The van der Waals surface area contributed by atoms with Crippen molar-refractivity contribution in [3.8, 4) is 5.69 Å². The summed E-state index contributed by atoms with van der Waals surface area (Å²) in [6.45, 7) is 2.25. The highest BCUT2D eigenvalue weighted by atomic mass is 127. The van der Waals surface area contributed by atoms with Gasteiger partial charge in [0, 0.05) is 10.2 Å². The highest BCUT2D eigenvalue weighted by Gasteiger charge is 2.05. The zero-order valence-corrected chi connectivity index (χ0v) is 11.8. The predicted molar refractivity (Wildman–Crippen MR) is 74.2 cm³/mol. The van der Waals surface area contributed by atoms with Crippen molar-refractivity contribution in [1.82, 2.24) is 15.0 Å². The third kappa shape index (κ3) is 3.04. The van der Waals surface area contributed by atoms with Gasteiger partial charge in [0.1, 0.15) is 0 Å². The molecule has 0 radical (unpaired) electrons. The van der Waals surface area contributed by atoms with E-state index in [1.165, 1.54) is 9.13 Å². The molecule has 2 aromatic rings. The minimum absolute atomic E-state index is 0.190. The summed E-state index contributed by atoms with van der Waals surface area (Å²) in [5.74, 6) is 0. The van der Waals surface area contributed by atoms with Gasteiger partial charge < -0.3 is 5.11 Å². The Balaban J connectivity index is 2.27. The highest BCUT2D eigenvalue weighted by Crippen LogP contribution is 2.17. The molecule has 0 amide bonds. The fraction of sp³-hybridized carbons (Fsp3) is 0.333. The molecule has 17 heavy (non-hydrogen) atoms. The molecule has 1 heterocycles. The molecule has 0 saturated carbocycles. The zero-order valence-electron chi connectivity index (χ0n) is 9.60. The van der Waals surface area contributed by atoms with Gasteiger partial charge in [-0.1, -0.05) is 11.3 Å². The average Bonchev–Trinajstić information content (AvgIpc) is 2.78. The maximum absolute atomic E-state index is 8.78. The quantitative estimate of drug-likeness (QED) is 0.865. The predicted octanol–water partition coefficient (Wildman–Crippen LogP) is 2.11. The van der Waals surface area contributed by atoms with Crippen molar-refractivity contribution >= 4 is 22.6 Å². The molecule has 1 aromatic heterocycles. The molecule has 1 aromatic carbocycles. The zero-order chi connectivity index (χ0) is 12.3. The molecule has 0 saturated heterocycles. The van der Waals surface area contributed by atoms with Crippen LogP contribution in [0.4, 0.5) is 0 Å². The molecule has 90 valence electrons. The first-order valence-electron chi connectivity index (χ1n) is 5.49. The maximum Gasteiger partial charge on any atom is 0.0832 e. The summed E-state index contributed by atoms with van der Waals surface area (Å²) in [5.41, 5.74) is 3.14. The monoisotopic (exact) mass is 343 g/mol. The number of hydrogen-bond donors (Lipinski definition) is 1. The van der Waals surface area contributed by atoms with Crippen molar-refractivity contribution in [2.75, 3.05) is 6.61 Å². The number of halogens is 1. The van der Waals surface area contributed by atoms with Crippen LogP contribution in [-0.2, 0) is 6.42 Å². The first-order chi connectivity index (χ1) is 8.20. The molecule has 1 N–H and O–H groups in total. The molecular weight excluding hydrogens is 329 g/mol. The fourth-order valence-electron chi connectivity index (χ4n) is 1.62. The normalized spacial score (nSPS) is 10.8. The van der Waals surface area contributed by atoms with E-state index < -0.39 is 0 Å². The van der Waals surface area contributed by atoms with Gasteiger partial charge in [-0.15, -0.1) is 5.10 Å². The third-order valence-corrected chi connectivity index (χ3v) is 3.22. The molecule has 2 rings (SSSR count). The van der Waals surface area contributed by atoms with Gasteiger partial charge in [-0.2, -0.15) is 0 Å². The molecule has 0 spiro atoms. The van der Waals surface area contributed by atoms with Crippen molar-refractivity contribution in [2.24, 2.45) is 0 Å². The van der Waals surface area contributed by atoms with E-state index in [0.29, 0.717) is 0 Å². The van der Waals surface area contributed by atoms with E-state index in [0.717, 1.165) is 24.2 Å². The first kappa shape index (κ1) is 12.5. The number of aliphatic hydroxyl groups is 1. The second-order valence-electron chi connectivity index (χ2n) is 3.91. The summed E-state index contributed by atoms with van der Waals surface area (Å²) in [6, 6.07) is 6.23. The second-order valence-corrected chi connectivity index (χ2v) is 5.16. The number of aryl methyl sites for hydroxylation is 2. The van der Waals surface area contributed by atoms with Gasteiger partial charge in [0.05, 0.1) is 17.6 Å². The van der Waals surface area contributed by atoms with Crippen LogP contribution in [-0.4, -0.2) is 26.7 Å². The molecule has 5 heteroatoms. The Hall–Kier alpha value is -0.950. The van der Waals surface area contributed by atoms with Crippen LogP contribution in [0.25, 0.3) is 5.69 Å². The number of nitrogens with zero attached hydrogens (tertiary/aromatic N) is 3. The standard InChI is InChI=1S/C12H14IN3O/c1-9-4-5-10(13)7-12(9)16-8-11(14-15-16)3-2-6-17/h4-5,7-8,17H,2-3,6H2,1H3. The minimum atomic E-state index is 0.190. The summed E-state index contributed by atoms with van der Waals surface area (Å²) < 4.78 is 2.97. The molecule has 0 aliphatic carbocycles. The average molecular weight is 343 g/mol. The molecule has 0 aliphatic rings. The molecular formula is C12H14IN3O. The lowest BCUT2D eigenvalue weighted by atomic mass is 10.2. The van der Waals surface area contributed by atoms with Crippen LogP contribution in [0.2, 0.25) is 0 Å². The van der Waals surface area contributed by atoms with Gasteiger partial charge in [0.25, 0.3) is 0 Å². The van der Waals surface area contributed by atoms with Crippen LogP contribution in [0.1, 0.15) is 17.7 Å². The Morgan fingerprint density at radius 3 is 3.00 bits per heavy atom. The number of benzene rings is 1. The summed E-state index contributed by atoms with van der Waals surface area (Å²) in [6.07, 6.45) is 3.41. The van der Waals surface area contributed by atoms with Gasteiger partial charge >= 0.3 is 0 Å². The van der Waals surface area contributed by atoms with Gasteiger partial charge in [0.2, 0.25) is 0 Å². The molecule has 0 aliphatic heterocycles. The van der Waals surface area contributed by atoms with Crippen LogP contribution in [0.15, 0.2) is 24.4 Å². The van der Waals surface area contributed by atoms with Crippen LogP contribution in [0.5, 0.6) is 0 Å². The van der Waals surface area contributed by atoms with E-state index in [4.69, 9.17) is 5.11 Å².